The SMILES string of the molecule is O=Cc1ncc(Cl)cc1-c1cc(Cl)c(Cl)c(Cl)c1. The van der Waals surface area contributed by atoms with Gasteiger partial charge in [-0.05, 0) is 23.8 Å². The van der Waals surface area contributed by atoms with Gasteiger partial charge in [-0.25, -0.2) is 0 Å². The number of rotatable bonds is 2. The summed E-state index contributed by atoms with van der Waals surface area (Å²) in [6, 6.07) is 4.83. The van der Waals surface area contributed by atoms with E-state index in [2.05, 4.69) is 4.98 Å². The van der Waals surface area contributed by atoms with Gasteiger partial charge in [0, 0.05) is 11.8 Å². The topological polar surface area (TPSA) is 30.0 Å². The van der Waals surface area contributed by atoms with Crippen LogP contribution in [-0.4, -0.2) is 11.3 Å². The standard InChI is InChI=1S/C12H5Cl4NO/c13-7-3-8(11(5-18)17-4-7)6-1-9(14)12(16)10(15)2-6/h1-5H. The van der Waals surface area contributed by atoms with Crippen LogP contribution >= 0.6 is 46.4 Å². The zero-order valence-corrected chi connectivity index (χ0v) is 11.8. The van der Waals surface area contributed by atoms with Gasteiger partial charge in [-0.3, -0.25) is 9.78 Å². The number of halogens is 4. The second kappa shape index (κ2) is 5.45. The van der Waals surface area contributed by atoms with Crippen LogP contribution in [-0.2, 0) is 0 Å². The number of hydrogen-bond acceptors (Lipinski definition) is 2. The molecule has 0 spiro atoms. The van der Waals surface area contributed by atoms with Crippen LogP contribution in [0.5, 0.6) is 0 Å². The van der Waals surface area contributed by atoms with Crippen LogP contribution in [0.2, 0.25) is 20.1 Å². The number of aldehydes is 1. The highest BCUT2D eigenvalue weighted by Crippen LogP contribution is 2.36. The molecule has 1 aromatic carbocycles. The molecule has 0 unspecified atom stereocenters. The van der Waals surface area contributed by atoms with E-state index in [0.717, 1.165) is 0 Å². The first-order chi connectivity index (χ1) is 8.52. The van der Waals surface area contributed by atoms with E-state index in [1.54, 1.807) is 18.2 Å². The van der Waals surface area contributed by atoms with Gasteiger partial charge in [0.05, 0.1) is 20.1 Å². The highest BCUT2D eigenvalue weighted by atomic mass is 35.5. The van der Waals surface area contributed by atoms with Gasteiger partial charge < -0.3 is 0 Å². The van der Waals surface area contributed by atoms with Crippen molar-refractivity contribution < 1.29 is 4.79 Å². The van der Waals surface area contributed by atoms with Crippen molar-refractivity contribution in [3.8, 4) is 11.1 Å². The lowest BCUT2D eigenvalue weighted by atomic mass is 10.0. The van der Waals surface area contributed by atoms with Crippen LogP contribution in [0.15, 0.2) is 24.4 Å². The minimum absolute atomic E-state index is 0.258. The second-order valence-corrected chi connectivity index (χ2v) is 5.09. The predicted octanol–water partition coefficient (Wildman–Crippen LogP) is 5.17. The van der Waals surface area contributed by atoms with Gasteiger partial charge in [-0.1, -0.05) is 46.4 Å². The monoisotopic (exact) mass is 319 g/mol. The van der Waals surface area contributed by atoms with Crippen LogP contribution in [0.4, 0.5) is 0 Å². The molecule has 0 radical (unpaired) electrons. The number of hydrogen-bond donors (Lipinski definition) is 0. The molecule has 0 atom stereocenters. The molecule has 2 nitrogen and oxygen atoms in total. The molecule has 1 aromatic heterocycles. The summed E-state index contributed by atoms with van der Waals surface area (Å²) in [6.45, 7) is 0. The molecule has 0 saturated heterocycles. The van der Waals surface area contributed by atoms with Crippen molar-refractivity contribution in [2.75, 3.05) is 0 Å². The molecular weight excluding hydrogens is 316 g/mol. The van der Waals surface area contributed by atoms with Crippen LogP contribution < -0.4 is 0 Å². The van der Waals surface area contributed by atoms with Crippen LogP contribution in [0.1, 0.15) is 10.5 Å². The van der Waals surface area contributed by atoms with E-state index < -0.39 is 0 Å². The number of pyridine rings is 1. The Kier molecular flexibility index (Phi) is 4.13. The lowest BCUT2D eigenvalue weighted by molar-refractivity contribution is 0.111. The molecule has 0 N–H and O–H groups in total. The molecule has 6 heteroatoms. The largest absolute Gasteiger partial charge is 0.296 e. The van der Waals surface area contributed by atoms with Crippen molar-refractivity contribution in [1.29, 1.82) is 0 Å². The average molecular weight is 321 g/mol. The van der Waals surface area contributed by atoms with E-state index in [9.17, 15) is 4.79 Å². The van der Waals surface area contributed by atoms with Gasteiger partial charge in [0.1, 0.15) is 5.69 Å². The second-order valence-electron chi connectivity index (χ2n) is 3.46. The molecule has 0 aliphatic rings. The third-order valence-electron chi connectivity index (χ3n) is 2.29. The maximum atomic E-state index is 11.0. The lowest BCUT2D eigenvalue weighted by Gasteiger charge is -2.08. The van der Waals surface area contributed by atoms with Gasteiger partial charge in [0.2, 0.25) is 0 Å². The number of nitrogens with zero attached hydrogens (tertiary/aromatic N) is 1. The molecule has 0 saturated carbocycles. The van der Waals surface area contributed by atoms with Crippen molar-refractivity contribution >= 4 is 52.7 Å². The van der Waals surface area contributed by atoms with Gasteiger partial charge in [0.15, 0.2) is 6.29 Å². The molecule has 2 aromatic rings. The number of benzene rings is 1. The molecule has 0 fully saturated rings. The first kappa shape index (κ1) is 13.6. The fourth-order valence-corrected chi connectivity index (χ4v) is 2.24. The van der Waals surface area contributed by atoms with E-state index >= 15 is 0 Å². The Balaban J connectivity index is 2.68. The average Bonchev–Trinajstić information content (AvgIpc) is 2.35. The fourth-order valence-electron chi connectivity index (χ4n) is 1.49. The number of carbonyl (C=O) groups is 1. The minimum Gasteiger partial charge on any atom is -0.296 e. The van der Waals surface area contributed by atoms with E-state index in [0.29, 0.717) is 32.5 Å². The molecule has 18 heavy (non-hydrogen) atoms. The predicted molar refractivity (Wildman–Crippen MR) is 75.1 cm³/mol. The Labute approximate surface area is 123 Å². The summed E-state index contributed by atoms with van der Waals surface area (Å²) in [5, 5.41) is 1.29. The van der Waals surface area contributed by atoms with E-state index in [1.807, 2.05) is 0 Å². The minimum atomic E-state index is 0.258. The number of aromatic nitrogens is 1. The zero-order valence-electron chi connectivity index (χ0n) is 8.75. The molecule has 2 rings (SSSR count). The molecular formula is C12H5Cl4NO. The molecule has 1 heterocycles. The molecule has 0 aliphatic carbocycles. The van der Waals surface area contributed by atoms with E-state index in [-0.39, 0.29) is 10.7 Å². The summed E-state index contributed by atoms with van der Waals surface area (Å²) < 4.78 is 0. The quantitative estimate of drug-likeness (QED) is 0.564. The van der Waals surface area contributed by atoms with Gasteiger partial charge in [-0.15, -0.1) is 0 Å². The summed E-state index contributed by atoms with van der Waals surface area (Å²) in [5.41, 5.74) is 1.44. The Hall–Kier alpha value is -0.800. The van der Waals surface area contributed by atoms with Crippen molar-refractivity contribution in [1.82, 2.24) is 4.98 Å². The van der Waals surface area contributed by atoms with E-state index in [1.165, 1.54) is 6.20 Å². The van der Waals surface area contributed by atoms with E-state index in [4.69, 9.17) is 46.4 Å². The van der Waals surface area contributed by atoms with Crippen molar-refractivity contribution in [3.63, 3.8) is 0 Å². The highest BCUT2D eigenvalue weighted by molar-refractivity contribution is 6.48. The maximum Gasteiger partial charge on any atom is 0.169 e. The summed E-state index contributed by atoms with van der Waals surface area (Å²) >= 11 is 23.6. The normalized spacial score (nSPS) is 10.4. The van der Waals surface area contributed by atoms with Crippen LogP contribution in [0.3, 0.4) is 0 Å². The number of carbonyl (C=O) groups excluding carboxylic acids is 1. The van der Waals surface area contributed by atoms with Crippen molar-refractivity contribution in [2.24, 2.45) is 0 Å². The Morgan fingerprint density at radius 1 is 1.00 bits per heavy atom. The molecule has 0 aliphatic heterocycles. The molecule has 0 amide bonds. The van der Waals surface area contributed by atoms with Gasteiger partial charge >= 0.3 is 0 Å². The Morgan fingerprint density at radius 2 is 1.61 bits per heavy atom. The summed E-state index contributed by atoms with van der Waals surface area (Å²) in [4.78, 5) is 14.9. The highest BCUT2D eigenvalue weighted by Gasteiger charge is 2.11. The lowest BCUT2D eigenvalue weighted by Crippen LogP contribution is -1.92. The van der Waals surface area contributed by atoms with Gasteiger partial charge in [-0.2, -0.15) is 0 Å². The first-order valence-electron chi connectivity index (χ1n) is 4.78. The third kappa shape index (κ3) is 2.62. The Bertz CT molecular complexity index is 604. The smallest absolute Gasteiger partial charge is 0.169 e. The van der Waals surface area contributed by atoms with Crippen molar-refractivity contribution in [2.45, 2.75) is 0 Å². The van der Waals surface area contributed by atoms with Crippen molar-refractivity contribution in [3.05, 3.63) is 50.2 Å². The van der Waals surface area contributed by atoms with Crippen LogP contribution in [0, 0.1) is 0 Å². The Morgan fingerprint density at radius 3 is 2.17 bits per heavy atom. The first-order valence-corrected chi connectivity index (χ1v) is 6.29. The summed E-state index contributed by atoms with van der Waals surface area (Å²) in [6.07, 6.45) is 2.04. The van der Waals surface area contributed by atoms with Crippen LogP contribution in [0.25, 0.3) is 11.1 Å². The molecule has 92 valence electrons. The zero-order chi connectivity index (χ0) is 13.3. The maximum absolute atomic E-state index is 11.0. The summed E-state index contributed by atoms with van der Waals surface area (Å²) in [5.74, 6) is 0. The third-order valence-corrected chi connectivity index (χ3v) is 3.70. The van der Waals surface area contributed by atoms with Gasteiger partial charge in [0.25, 0.3) is 0 Å². The molecule has 0 bridgehead atoms. The fraction of sp³-hybridized carbons (Fsp3) is 0. The summed E-state index contributed by atoms with van der Waals surface area (Å²) in [7, 11) is 0.